The van der Waals surface area contributed by atoms with Crippen LogP contribution in [-0.2, 0) is 6.42 Å². The van der Waals surface area contributed by atoms with Crippen LogP contribution >= 0.6 is 11.6 Å². The molecule has 0 atom stereocenters. The van der Waals surface area contributed by atoms with E-state index in [9.17, 15) is 9.90 Å². The molecule has 0 aromatic heterocycles. The molecule has 0 spiro atoms. The lowest BCUT2D eigenvalue weighted by atomic mass is 10.0. The maximum absolute atomic E-state index is 12.2. The van der Waals surface area contributed by atoms with Crippen molar-refractivity contribution in [1.82, 2.24) is 0 Å². The Bertz CT molecular complexity index is 690. The van der Waals surface area contributed by atoms with Gasteiger partial charge >= 0.3 is 0 Å². The van der Waals surface area contributed by atoms with E-state index in [-0.39, 0.29) is 11.5 Å². The number of phenolic OH excluding ortho intramolecular Hbond substituents is 1. The van der Waals surface area contributed by atoms with Crippen molar-refractivity contribution in [3.05, 3.63) is 65.2 Å². The summed E-state index contributed by atoms with van der Waals surface area (Å²) in [6.45, 7) is 2.56. The van der Waals surface area contributed by atoms with Crippen LogP contribution in [0.2, 0.25) is 0 Å². The lowest BCUT2D eigenvalue weighted by molar-refractivity contribution is 0.104. The van der Waals surface area contributed by atoms with E-state index >= 15 is 0 Å². The zero-order valence-electron chi connectivity index (χ0n) is 13.0. The van der Waals surface area contributed by atoms with Crippen molar-refractivity contribution >= 4 is 23.5 Å². The second-order valence-electron chi connectivity index (χ2n) is 4.98. The minimum atomic E-state index is -0.116. The van der Waals surface area contributed by atoms with Gasteiger partial charge in [0.05, 0.1) is 6.61 Å². The second kappa shape index (κ2) is 8.39. The number of hydrogen-bond donors (Lipinski definition) is 1. The SMILES string of the molecule is CCOc1ccc(C=CC(=O)c2ccc(O)c(CCCl)c2)cc1. The number of phenols is 1. The quantitative estimate of drug-likeness (QED) is 0.463. The van der Waals surface area contributed by atoms with Gasteiger partial charge in [-0.15, -0.1) is 11.6 Å². The Morgan fingerprint density at radius 2 is 1.96 bits per heavy atom. The van der Waals surface area contributed by atoms with Gasteiger partial charge in [-0.05, 0) is 60.9 Å². The largest absolute Gasteiger partial charge is 0.508 e. The van der Waals surface area contributed by atoms with Gasteiger partial charge in [-0.2, -0.15) is 0 Å². The second-order valence-corrected chi connectivity index (χ2v) is 5.36. The molecule has 3 nitrogen and oxygen atoms in total. The predicted molar refractivity (Wildman–Crippen MR) is 93.5 cm³/mol. The Morgan fingerprint density at radius 3 is 2.61 bits per heavy atom. The average molecular weight is 331 g/mol. The Hall–Kier alpha value is -2.26. The summed E-state index contributed by atoms with van der Waals surface area (Å²) in [6, 6.07) is 12.3. The van der Waals surface area contributed by atoms with Gasteiger partial charge in [-0.1, -0.05) is 18.2 Å². The molecule has 0 saturated carbocycles. The van der Waals surface area contributed by atoms with Crippen molar-refractivity contribution in [2.24, 2.45) is 0 Å². The fourth-order valence-electron chi connectivity index (χ4n) is 2.15. The minimum Gasteiger partial charge on any atom is -0.508 e. The number of carbonyl (C=O) groups excluding carboxylic acids is 1. The van der Waals surface area contributed by atoms with Crippen molar-refractivity contribution < 1.29 is 14.6 Å². The summed E-state index contributed by atoms with van der Waals surface area (Å²) in [4.78, 5) is 12.2. The summed E-state index contributed by atoms with van der Waals surface area (Å²) in [5, 5.41) is 9.73. The Balaban J connectivity index is 2.10. The highest BCUT2D eigenvalue weighted by atomic mass is 35.5. The van der Waals surface area contributed by atoms with Crippen LogP contribution in [0.1, 0.15) is 28.4 Å². The van der Waals surface area contributed by atoms with Crippen LogP contribution in [0.25, 0.3) is 6.08 Å². The lowest BCUT2D eigenvalue weighted by Gasteiger charge is -2.04. The number of carbonyl (C=O) groups is 1. The lowest BCUT2D eigenvalue weighted by Crippen LogP contribution is -1.97. The summed E-state index contributed by atoms with van der Waals surface area (Å²) >= 11 is 5.70. The molecule has 0 heterocycles. The Kier molecular flexibility index (Phi) is 6.24. The number of ether oxygens (including phenoxy) is 1. The Labute approximate surface area is 141 Å². The van der Waals surface area contributed by atoms with Gasteiger partial charge < -0.3 is 9.84 Å². The van der Waals surface area contributed by atoms with E-state index in [0.717, 1.165) is 11.3 Å². The standard InChI is InChI=1S/C19H19ClO3/c1-2-23-17-7-3-14(4-8-17)5-9-18(21)15-6-10-19(22)16(13-15)11-12-20/h3-10,13,22H,2,11-12H2,1H3. The van der Waals surface area contributed by atoms with Gasteiger partial charge in [0.2, 0.25) is 0 Å². The number of aromatic hydroxyl groups is 1. The number of rotatable bonds is 7. The van der Waals surface area contributed by atoms with Crippen molar-refractivity contribution in [2.45, 2.75) is 13.3 Å². The van der Waals surface area contributed by atoms with E-state index in [1.807, 2.05) is 31.2 Å². The number of aryl methyl sites for hydroxylation is 1. The summed E-state index contributed by atoms with van der Waals surface area (Å²) in [5.74, 6) is 1.25. The number of hydrogen-bond acceptors (Lipinski definition) is 3. The third-order valence-electron chi connectivity index (χ3n) is 3.35. The molecule has 2 rings (SSSR count). The molecule has 23 heavy (non-hydrogen) atoms. The van der Waals surface area contributed by atoms with Gasteiger partial charge in [-0.3, -0.25) is 4.79 Å². The minimum absolute atomic E-state index is 0.116. The van der Waals surface area contributed by atoms with Crippen LogP contribution in [-0.4, -0.2) is 23.4 Å². The number of benzene rings is 2. The van der Waals surface area contributed by atoms with E-state index < -0.39 is 0 Å². The van der Waals surface area contributed by atoms with Gasteiger partial charge in [0.1, 0.15) is 11.5 Å². The molecule has 0 aliphatic heterocycles. The first-order valence-electron chi connectivity index (χ1n) is 7.47. The highest BCUT2D eigenvalue weighted by Gasteiger charge is 2.07. The average Bonchev–Trinajstić information content (AvgIpc) is 2.56. The van der Waals surface area contributed by atoms with Crippen molar-refractivity contribution in [3.8, 4) is 11.5 Å². The van der Waals surface area contributed by atoms with E-state index in [1.165, 1.54) is 12.1 Å². The molecule has 2 aromatic rings. The summed E-state index contributed by atoms with van der Waals surface area (Å²) in [5.41, 5.74) is 2.13. The maximum Gasteiger partial charge on any atom is 0.185 e. The number of alkyl halides is 1. The van der Waals surface area contributed by atoms with Crippen molar-refractivity contribution in [1.29, 1.82) is 0 Å². The van der Waals surface area contributed by atoms with E-state index in [2.05, 4.69) is 0 Å². The van der Waals surface area contributed by atoms with E-state index in [0.29, 0.717) is 30.0 Å². The topological polar surface area (TPSA) is 46.5 Å². The predicted octanol–water partition coefficient (Wildman–Crippen LogP) is 4.47. The summed E-state index contributed by atoms with van der Waals surface area (Å²) < 4.78 is 5.38. The highest BCUT2D eigenvalue weighted by Crippen LogP contribution is 2.20. The van der Waals surface area contributed by atoms with Crippen LogP contribution in [0.3, 0.4) is 0 Å². The van der Waals surface area contributed by atoms with Crippen molar-refractivity contribution in [3.63, 3.8) is 0 Å². The first kappa shape index (κ1) is 17.1. The molecular formula is C19H19ClO3. The molecule has 0 aliphatic rings. The normalized spacial score (nSPS) is 10.9. The number of allylic oxidation sites excluding steroid dienone is 1. The van der Waals surface area contributed by atoms with Gasteiger partial charge in [0.25, 0.3) is 0 Å². The van der Waals surface area contributed by atoms with Gasteiger partial charge in [0.15, 0.2) is 5.78 Å². The summed E-state index contributed by atoms with van der Waals surface area (Å²) in [7, 11) is 0. The van der Waals surface area contributed by atoms with Crippen LogP contribution in [0, 0.1) is 0 Å². The molecule has 2 aromatic carbocycles. The van der Waals surface area contributed by atoms with Gasteiger partial charge in [0, 0.05) is 11.4 Å². The molecule has 0 saturated heterocycles. The molecule has 4 heteroatoms. The van der Waals surface area contributed by atoms with Crippen LogP contribution in [0.15, 0.2) is 48.5 Å². The summed E-state index contributed by atoms with van der Waals surface area (Å²) in [6.07, 6.45) is 3.80. The third kappa shape index (κ3) is 4.86. The molecule has 0 fully saturated rings. The number of ketones is 1. The zero-order valence-corrected chi connectivity index (χ0v) is 13.7. The van der Waals surface area contributed by atoms with Gasteiger partial charge in [-0.25, -0.2) is 0 Å². The van der Waals surface area contributed by atoms with Crippen LogP contribution in [0.4, 0.5) is 0 Å². The van der Waals surface area contributed by atoms with Crippen molar-refractivity contribution in [2.75, 3.05) is 12.5 Å². The molecular weight excluding hydrogens is 312 g/mol. The number of halogens is 1. The van der Waals surface area contributed by atoms with Crippen LogP contribution in [0.5, 0.6) is 11.5 Å². The monoisotopic (exact) mass is 330 g/mol. The van der Waals surface area contributed by atoms with E-state index in [4.69, 9.17) is 16.3 Å². The maximum atomic E-state index is 12.2. The molecule has 0 unspecified atom stereocenters. The van der Waals surface area contributed by atoms with E-state index in [1.54, 1.807) is 18.2 Å². The molecule has 0 bridgehead atoms. The highest BCUT2D eigenvalue weighted by molar-refractivity contribution is 6.18. The molecule has 0 radical (unpaired) electrons. The molecule has 120 valence electrons. The smallest absolute Gasteiger partial charge is 0.185 e. The molecule has 0 amide bonds. The fraction of sp³-hybridized carbons (Fsp3) is 0.211. The first-order valence-corrected chi connectivity index (χ1v) is 8.00. The molecule has 1 N–H and O–H groups in total. The molecule has 0 aliphatic carbocycles. The third-order valence-corrected chi connectivity index (χ3v) is 3.54. The Morgan fingerprint density at radius 1 is 1.22 bits per heavy atom. The first-order chi connectivity index (χ1) is 11.1. The zero-order chi connectivity index (χ0) is 16.7. The van der Waals surface area contributed by atoms with Crippen LogP contribution < -0.4 is 4.74 Å². The fourth-order valence-corrected chi connectivity index (χ4v) is 2.35.